The van der Waals surface area contributed by atoms with E-state index in [1.165, 1.54) is 0 Å². The van der Waals surface area contributed by atoms with Crippen LogP contribution in [-0.4, -0.2) is 53.8 Å². The third-order valence-electron chi connectivity index (χ3n) is 3.37. The molecule has 0 saturated carbocycles. The van der Waals surface area contributed by atoms with Gasteiger partial charge >= 0.3 is 0 Å². The van der Waals surface area contributed by atoms with Crippen molar-refractivity contribution in [3.63, 3.8) is 0 Å². The topological polar surface area (TPSA) is 52.7 Å². The number of hydrogen-bond acceptors (Lipinski definition) is 3. The van der Waals surface area contributed by atoms with Gasteiger partial charge in [-0.25, -0.2) is 0 Å². The molecule has 0 aromatic heterocycles. The number of nitrogens with one attached hydrogen (secondary N) is 1. The standard InChI is InChI=1S/C17H26ClN3O2/c1-12(2)21(13(3)4)17(23)11-20(5)10-16(22)19-15-9-7-6-8-14(15)18/h6-9,12-13H,10-11H2,1-5H3,(H,19,22). The third kappa shape index (κ3) is 6.20. The van der Waals surface area contributed by atoms with Crippen LogP contribution in [0.15, 0.2) is 24.3 Å². The van der Waals surface area contributed by atoms with Gasteiger partial charge in [0.2, 0.25) is 11.8 Å². The molecule has 6 heteroatoms. The highest BCUT2D eigenvalue weighted by molar-refractivity contribution is 6.33. The fourth-order valence-electron chi connectivity index (χ4n) is 2.54. The maximum atomic E-state index is 12.4. The summed E-state index contributed by atoms with van der Waals surface area (Å²) in [5.41, 5.74) is 0.574. The van der Waals surface area contributed by atoms with E-state index in [9.17, 15) is 9.59 Å². The highest BCUT2D eigenvalue weighted by atomic mass is 35.5. The molecule has 1 aromatic carbocycles. The number of rotatable bonds is 7. The molecule has 0 radical (unpaired) electrons. The molecule has 5 nitrogen and oxygen atoms in total. The highest BCUT2D eigenvalue weighted by Crippen LogP contribution is 2.20. The minimum Gasteiger partial charge on any atom is -0.337 e. The molecule has 0 heterocycles. The van der Waals surface area contributed by atoms with Gasteiger partial charge in [0.1, 0.15) is 0 Å². The van der Waals surface area contributed by atoms with Crippen molar-refractivity contribution in [2.45, 2.75) is 39.8 Å². The minimum absolute atomic E-state index is 0.0167. The molecule has 0 bridgehead atoms. The number of anilines is 1. The van der Waals surface area contributed by atoms with Crippen molar-refractivity contribution in [2.24, 2.45) is 0 Å². The average Bonchev–Trinajstić information content (AvgIpc) is 2.39. The summed E-state index contributed by atoms with van der Waals surface area (Å²) in [5, 5.41) is 3.24. The van der Waals surface area contributed by atoms with Crippen molar-refractivity contribution in [1.29, 1.82) is 0 Å². The van der Waals surface area contributed by atoms with Crippen LogP contribution in [0.2, 0.25) is 5.02 Å². The number of halogens is 1. The lowest BCUT2D eigenvalue weighted by atomic mass is 10.2. The molecule has 0 aliphatic carbocycles. The fraction of sp³-hybridized carbons (Fsp3) is 0.529. The Hall–Kier alpha value is -1.59. The predicted molar refractivity (Wildman–Crippen MR) is 94.7 cm³/mol. The Labute approximate surface area is 143 Å². The van der Waals surface area contributed by atoms with Crippen molar-refractivity contribution in [3.8, 4) is 0 Å². The van der Waals surface area contributed by atoms with E-state index in [2.05, 4.69) is 5.32 Å². The molecule has 0 spiro atoms. The Morgan fingerprint density at radius 1 is 1.09 bits per heavy atom. The molecule has 1 aromatic rings. The summed E-state index contributed by atoms with van der Waals surface area (Å²) < 4.78 is 0. The van der Waals surface area contributed by atoms with Crippen LogP contribution in [0.25, 0.3) is 0 Å². The van der Waals surface area contributed by atoms with E-state index >= 15 is 0 Å². The van der Waals surface area contributed by atoms with E-state index in [-0.39, 0.29) is 37.0 Å². The number of benzene rings is 1. The molecule has 2 amide bonds. The van der Waals surface area contributed by atoms with Crippen LogP contribution in [0.3, 0.4) is 0 Å². The van der Waals surface area contributed by atoms with Gasteiger partial charge in [-0.1, -0.05) is 23.7 Å². The number of likely N-dealkylation sites (N-methyl/N-ethyl adjacent to an activating group) is 1. The van der Waals surface area contributed by atoms with Crippen molar-refractivity contribution in [1.82, 2.24) is 9.80 Å². The molecule has 0 unspecified atom stereocenters. The largest absolute Gasteiger partial charge is 0.337 e. The number of hydrogen-bond donors (Lipinski definition) is 1. The Kier molecular flexibility index (Phi) is 7.52. The van der Waals surface area contributed by atoms with Crippen molar-refractivity contribution < 1.29 is 9.59 Å². The maximum Gasteiger partial charge on any atom is 0.238 e. The third-order valence-corrected chi connectivity index (χ3v) is 3.70. The first-order valence-corrected chi connectivity index (χ1v) is 8.14. The van der Waals surface area contributed by atoms with Gasteiger partial charge in [0.15, 0.2) is 0 Å². The second-order valence-corrected chi connectivity index (χ2v) is 6.60. The average molecular weight is 340 g/mol. The smallest absolute Gasteiger partial charge is 0.238 e. The van der Waals surface area contributed by atoms with Crippen LogP contribution < -0.4 is 5.32 Å². The molecule has 23 heavy (non-hydrogen) atoms. The fourth-order valence-corrected chi connectivity index (χ4v) is 2.72. The van der Waals surface area contributed by atoms with Gasteiger partial charge in [0.25, 0.3) is 0 Å². The molecular formula is C17H26ClN3O2. The number of carbonyl (C=O) groups is 2. The minimum atomic E-state index is -0.200. The van der Waals surface area contributed by atoms with Crippen LogP contribution in [0.4, 0.5) is 5.69 Å². The first-order valence-electron chi connectivity index (χ1n) is 7.76. The second kappa shape index (κ2) is 8.89. The highest BCUT2D eigenvalue weighted by Gasteiger charge is 2.21. The van der Waals surface area contributed by atoms with E-state index in [1.54, 1.807) is 36.2 Å². The Balaban J connectivity index is 2.55. The van der Waals surface area contributed by atoms with Crippen molar-refractivity contribution in [2.75, 3.05) is 25.5 Å². The van der Waals surface area contributed by atoms with Gasteiger partial charge in [-0.05, 0) is 46.9 Å². The molecule has 0 atom stereocenters. The summed E-state index contributed by atoms with van der Waals surface area (Å²) >= 11 is 6.01. The lowest BCUT2D eigenvalue weighted by Crippen LogP contribution is -2.47. The van der Waals surface area contributed by atoms with E-state index in [0.29, 0.717) is 10.7 Å². The summed E-state index contributed by atoms with van der Waals surface area (Å²) in [7, 11) is 1.75. The van der Waals surface area contributed by atoms with Gasteiger partial charge in [0, 0.05) is 12.1 Å². The molecule has 0 aliphatic rings. The van der Waals surface area contributed by atoms with E-state index in [4.69, 9.17) is 11.6 Å². The van der Waals surface area contributed by atoms with Gasteiger partial charge in [-0.3, -0.25) is 14.5 Å². The first-order chi connectivity index (χ1) is 10.7. The van der Waals surface area contributed by atoms with E-state index < -0.39 is 0 Å². The van der Waals surface area contributed by atoms with Crippen molar-refractivity contribution >= 4 is 29.1 Å². The van der Waals surface area contributed by atoms with Crippen LogP contribution >= 0.6 is 11.6 Å². The number of para-hydroxylation sites is 1. The summed E-state index contributed by atoms with van der Waals surface area (Å²) in [6.07, 6.45) is 0. The Morgan fingerprint density at radius 2 is 1.65 bits per heavy atom. The lowest BCUT2D eigenvalue weighted by molar-refractivity contribution is -0.135. The van der Waals surface area contributed by atoms with Gasteiger partial charge < -0.3 is 10.2 Å². The molecule has 1 rings (SSSR count). The molecule has 0 fully saturated rings. The normalized spacial score (nSPS) is 11.2. The van der Waals surface area contributed by atoms with Gasteiger partial charge in [0.05, 0.1) is 23.8 Å². The Morgan fingerprint density at radius 3 is 2.17 bits per heavy atom. The monoisotopic (exact) mass is 339 g/mol. The van der Waals surface area contributed by atoms with Crippen LogP contribution in [-0.2, 0) is 9.59 Å². The molecule has 1 N–H and O–H groups in total. The summed E-state index contributed by atoms with van der Waals surface area (Å²) in [5.74, 6) is -0.183. The zero-order valence-corrected chi connectivity index (χ0v) is 15.2. The first kappa shape index (κ1) is 19.5. The molecular weight excluding hydrogens is 314 g/mol. The number of nitrogens with zero attached hydrogens (tertiary/aromatic N) is 2. The number of carbonyl (C=O) groups excluding carboxylic acids is 2. The summed E-state index contributed by atoms with van der Waals surface area (Å²) in [6.45, 7) is 8.28. The SMILES string of the molecule is CC(C)N(C(=O)CN(C)CC(=O)Nc1ccccc1Cl)C(C)C. The van der Waals surface area contributed by atoms with Gasteiger partial charge in [-0.15, -0.1) is 0 Å². The summed E-state index contributed by atoms with van der Waals surface area (Å²) in [4.78, 5) is 27.9. The Bertz CT molecular complexity index is 538. The zero-order chi connectivity index (χ0) is 17.6. The van der Waals surface area contributed by atoms with E-state index in [0.717, 1.165) is 0 Å². The quantitative estimate of drug-likeness (QED) is 0.831. The van der Waals surface area contributed by atoms with E-state index in [1.807, 2.05) is 32.6 Å². The van der Waals surface area contributed by atoms with Gasteiger partial charge in [-0.2, -0.15) is 0 Å². The summed E-state index contributed by atoms with van der Waals surface area (Å²) in [6, 6.07) is 7.33. The van der Waals surface area contributed by atoms with Crippen molar-refractivity contribution in [3.05, 3.63) is 29.3 Å². The second-order valence-electron chi connectivity index (χ2n) is 6.19. The number of amides is 2. The van der Waals surface area contributed by atoms with Crippen LogP contribution in [0.1, 0.15) is 27.7 Å². The molecule has 128 valence electrons. The van der Waals surface area contributed by atoms with Crippen LogP contribution in [0.5, 0.6) is 0 Å². The molecule has 0 aliphatic heterocycles. The maximum absolute atomic E-state index is 12.4. The lowest BCUT2D eigenvalue weighted by Gasteiger charge is -2.32. The predicted octanol–water partition coefficient (Wildman–Crippen LogP) is 2.86. The van der Waals surface area contributed by atoms with Crippen LogP contribution in [0, 0.1) is 0 Å². The molecule has 0 saturated heterocycles. The zero-order valence-electron chi connectivity index (χ0n) is 14.5.